The molecule has 0 radical (unpaired) electrons. The summed E-state index contributed by atoms with van der Waals surface area (Å²) in [5.41, 5.74) is 0.606. The van der Waals surface area contributed by atoms with Gasteiger partial charge in [-0.25, -0.2) is 0 Å². The molecule has 0 saturated carbocycles. The number of hydrogen-bond donors (Lipinski definition) is 2. The number of carbonyl (C=O) groups is 2. The van der Waals surface area contributed by atoms with Gasteiger partial charge in [-0.15, -0.1) is 0 Å². The summed E-state index contributed by atoms with van der Waals surface area (Å²) in [5.74, 6) is -0.569. The summed E-state index contributed by atoms with van der Waals surface area (Å²) in [6.45, 7) is 1.92. The van der Waals surface area contributed by atoms with Gasteiger partial charge in [-0.1, -0.05) is 0 Å². The monoisotopic (exact) mass is 295 g/mol. The van der Waals surface area contributed by atoms with E-state index in [1.165, 1.54) is 12.3 Å². The molecule has 0 aliphatic rings. The van der Waals surface area contributed by atoms with Gasteiger partial charge in [-0.3, -0.25) is 14.6 Å². The van der Waals surface area contributed by atoms with Crippen LogP contribution in [0.5, 0.6) is 0 Å². The SMILES string of the molecule is COCCCNC(=O)c1ccnc(C(=O)NCCOC)c1. The Balaban J connectivity index is 2.54. The second kappa shape index (κ2) is 9.84. The number of methoxy groups -OCH3 is 2. The Morgan fingerprint density at radius 2 is 1.81 bits per heavy atom. The van der Waals surface area contributed by atoms with Gasteiger partial charge in [0.2, 0.25) is 0 Å². The normalized spacial score (nSPS) is 10.2. The summed E-state index contributed by atoms with van der Waals surface area (Å²) in [5, 5.41) is 5.41. The van der Waals surface area contributed by atoms with Crippen LogP contribution >= 0.6 is 0 Å². The number of nitrogens with zero attached hydrogens (tertiary/aromatic N) is 1. The molecule has 2 amide bonds. The highest BCUT2D eigenvalue weighted by atomic mass is 16.5. The smallest absolute Gasteiger partial charge is 0.269 e. The molecule has 0 saturated heterocycles. The molecule has 1 aromatic heterocycles. The van der Waals surface area contributed by atoms with E-state index in [1.54, 1.807) is 20.3 Å². The predicted molar refractivity (Wildman–Crippen MR) is 77.3 cm³/mol. The standard InChI is InChI=1S/C14H21N3O4/c1-20-8-3-5-16-13(18)11-4-6-15-12(10-11)14(19)17-7-9-21-2/h4,6,10H,3,5,7-9H2,1-2H3,(H,16,18)(H,17,19). The summed E-state index contributed by atoms with van der Waals surface area (Å²) in [6, 6.07) is 3.03. The van der Waals surface area contributed by atoms with E-state index >= 15 is 0 Å². The third kappa shape index (κ3) is 6.33. The van der Waals surface area contributed by atoms with Crippen LogP contribution in [-0.2, 0) is 9.47 Å². The summed E-state index contributed by atoms with van der Waals surface area (Å²) in [7, 11) is 3.16. The number of hydrogen-bond acceptors (Lipinski definition) is 5. The zero-order chi connectivity index (χ0) is 15.5. The minimum Gasteiger partial charge on any atom is -0.385 e. The average Bonchev–Trinajstić information content (AvgIpc) is 2.51. The Kier molecular flexibility index (Phi) is 8.00. The van der Waals surface area contributed by atoms with Gasteiger partial charge < -0.3 is 20.1 Å². The highest BCUT2D eigenvalue weighted by Crippen LogP contribution is 2.02. The molecule has 1 rings (SSSR count). The number of aromatic nitrogens is 1. The molecule has 0 unspecified atom stereocenters. The first-order chi connectivity index (χ1) is 10.2. The second-order valence-electron chi connectivity index (χ2n) is 4.28. The Morgan fingerprint density at radius 3 is 2.52 bits per heavy atom. The van der Waals surface area contributed by atoms with Crippen LogP contribution in [0.4, 0.5) is 0 Å². The molecule has 0 aliphatic heterocycles. The number of nitrogens with one attached hydrogen (secondary N) is 2. The van der Waals surface area contributed by atoms with Crippen LogP contribution in [0.2, 0.25) is 0 Å². The summed E-state index contributed by atoms with van der Waals surface area (Å²) >= 11 is 0. The number of amides is 2. The Hall–Kier alpha value is -1.99. The first-order valence-electron chi connectivity index (χ1n) is 6.69. The van der Waals surface area contributed by atoms with E-state index in [4.69, 9.17) is 9.47 Å². The van der Waals surface area contributed by atoms with Gasteiger partial charge in [-0.2, -0.15) is 0 Å². The van der Waals surface area contributed by atoms with Gasteiger partial charge in [0.1, 0.15) is 5.69 Å². The van der Waals surface area contributed by atoms with E-state index in [0.717, 1.165) is 6.42 Å². The number of pyridine rings is 1. The lowest BCUT2D eigenvalue weighted by molar-refractivity contribution is 0.0932. The van der Waals surface area contributed by atoms with Crippen LogP contribution in [-0.4, -0.2) is 57.3 Å². The summed E-state index contributed by atoms with van der Waals surface area (Å²) in [6.07, 6.45) is 2.17. The van der Waals surface area contributed by atoms with Gasteiger partial charge in [0.15, 0.2) is 0 Å². The lowest BCUT2D eigenvalue weighted by Crippen LogP contribution is -2.29. The van der Waals surface area contributed by atoms with Crippen molar-refractivity contribution in [3.05, 3.63) is 29.6 Å². The minimum atomic E-state index is -0.332. The molecule has 116 valence electrons. The van der Waals surface area contributed by atoms with E-state index in [2.05, 4.69) is 15.6 Å². The molecule has 1 heterocycles. The van der Waals surface area contributed by atoms with Crippen LogP contribution in [0.1, 0.15) is 27.3 Å². The predicted octanol–water partition coefficient (Wildman–Crippen LogP) is 0.224. The van der Waals surface area contributed by atoms with Crippen LogP contribution in [0.3, 0.4) is 0 Å². The maximum atomic E-state index is 11.9. The van der Waals surface area contributed by atoms with Crippen molar-refractivity contribution in [3.63, 3.8) is 0 Å². The molecule has 21 heavy (non-hydrogen) atoms. The van der Waals surface area contributed by atoms with E-state index in [9.17, 15) is 9.59 Å². The van der Waals surface area contributed by atoms with Gasteiger partial charge in [-0.05, 0) is 18.6 Å². The first kappa shape index (κ1) is 17.1. The van der Waals surface area contributed by atoms with Crippen molar-refractivity contribution in [2.24, 2.45) is 0 Å². The third-order valence-corrected chi connectivity index (χ3v) is 2.66. The lowest BCUT2D eigenvalue weighted by atomic mass is 10.2. The highest BCUT2D eigenvalue weighted by Gasteiger charge is 2.11. The van der Waals surface area contributed by atoms with Crippen LogP contribution < -0.4 is 10.6 Å². The van der Waals surface area contributed by atoms with Gasteiger partial charge in [0, 0.05) is 45.7 Å². The zero-order valence-corrected chi connectivity index (χ0v) is 12.3. The fourth-order valence-electron chi connectivity index (χ4n) is 1.57. The molecule has 2 N–H and O–H groups in total. The quantitative estimate of drug-likeness (QED) is 0.636. The van der Waals surface area contributed by atoms with Crippen LogP contribution in [0.15, 0.2) is 18.3 Å². The second-order valence-corrected chi connectivity index (χ2v) is 4.28. The number of ether oxygens (including phenoxy) is 2. The van der Waals surface area contributed by atoms with Crippen molar-refractivity contribution in [2.45, 2.75) is 6.42 Å². The van der Waals surface area contributed by atoms with Gasteiger partial charge >= 0.3 is 0 Å². The summed E-state index contributed by atoms with van der Waals surface area (Å²) in [4.78, 5) is 27.7. The van der Waals surface area contributed by atoms with Crippen molar-refractivity contribution < 1.29 is 19.1 Å². The van der Waals surface area contributed by atoms with E-state index in [0.29, 0.717) is 31.9 Å². The topological polar surface area (TPSA) is 89.5 Å². The molecular weight excluding hydrogens is 274 g/mol. The van der Waals surface area contributed by atoms with Crippen molar-refractivity contribution in [1.29, 1.82) is 0 Å². The Labute approximate surface area is 124 Å². The lowest BCUT2D eigenvalue weighted by Gasteiger charge is -2.07. The molecule has 7 nitrogen and oxygen atoms in total. The minimum absolute atomic E-state index is 0.204. The highest BCUT2D eigenvalue weighted by molar-refractivity contribution is 5.98. The fraction of sp³-hybridized carbons (Fsp3) is 0.500. The third-order valence-electron chi connectivity index (χ3n) is 2.66. The molecule has 0 fully saturated rings. The van der Waals surface area contributed by atoms with Crippen LogP contribution in [0, 0.1) is 0 Å². The summed E-state index contributed by atoms with van der Waals surface area (Å²) < 4.78 is 9.75. The van der Waals surface area contributed by atoms with Crippen molar-refractivity contribution in [2.75, 3.05) is 40.5 Å². The maximum absolute atomic E-state index is 11.9. The van der Waals surface area contributed by atoms with E-state index in [-0.39, 0.29) is 17.5 Å². The van der Waals surface area contributed by atoms with Gasteiger partial charge in [0.05, 0.1) is 6.61 Å². The number of carbonyl (C=O) groups excluding carboxylic acids is 2. The van der Waals surface area contributed by atoms with Gasteiger partial charge in [0.25, 0.3) is 11.8 Å². The van der Waals surface area contributed by atoms with E-state index < -0.39 is 0 Å². The average molecular weight is 295 g/mol. The maximum Gasteiger partial charge on any atom is 0.269 e. The van der Waals surface area contributed by atoms with Crippen LogP contribution in [0.25, 0.3) is 0 Å². The van der Waals surface area contributed by atoms with Crippen molar-refractivity contribution >= 4 is 11.8 Å². The molecule has 0 atom stereocenters. The van der Waals surface area contributed by atoms with E-state index in [1.807, 2.05) is 0 Å². The number of rotatable bonds is 9. The zero-order valence-electron chi connectivity index (χ0n) is 12.3. The molecule has 0 aromatic carbocycles. The molecule has 7 heteroatoms. The van der Waals surface area contributed by atoms with Crippen molar-refractivity contribution in [3.8, 4) is 0 Å². The van der Waals surface area contributed by atoms with Crippen molar-refractivity contribution in [1.82, 2.24) is 15.6 Å². The Bertz CT molecular complexity index is 465. The molecule has 0 aliphatic carbocycles. The fourth-order valence-corrected chi connectivity index (χ4v) is 1.57. The molecular formula is C14H21N3O4. The molecule has 0 bridgehead atoms. The first-order valence-corrected chi connectivity index (χ1v) is 6.69. The molecule has 1 aromatic rings. The largest absolute Gasteiger partial charge is 0.385 e. The Morgan fingerprint density at radius 1 is 1.10 bits per heavy atom. The molecule has 0 spiro atoms.